The number of phenolic OH excluding ortho intramolecular Hbond substituents is 1. The Labute approximate surface area is 125 Å². The summed E-state index contributed by atoms with van der Waals surface area (Å²) in [4.78, 5) is 4.07. The van der Waals surface area contributed by atoms with Gasteiger partial charge in [-0.1, -0.05) is 12.1 Å². The second-order valence-electron chi connectivity index (χ2n) is 4.13. The van der Waals surface area contributed by atoms with Crippen LogP contribution in [0.1, 0.15) is 5.69 Å². The third-order valence-electron chi connectivity index (χ3n) is 2.61. The third-order valence-corrected chi connectivity index (χ3v) is 4.52. The van der Waals surface area contributed by atoms with E-state index >= 15 is 0 Å². The van der Waals surface area contributed by atoms with Gasteiger partial charge in [-0.2, -0.15) is 0 Å². The second kappa shape index (κ2) is 6.23. The van der Waals surface area contributed by atoms with Crippen molar-refractivity contribution in [3.05, 3.63) is 52.8 Å². The number of aromatic hydroxyl groups is 1. The number of hydrogen-bond donors (Lipinski definition) is 2. The van der Waals surface area contributed by atoms with Crippen molar-refractivity contribution in [2.45, 2.75) is 6.42 Å². The number of halogens is 1. The van der Waals surface area contributed by atoms with Crippen molar-refractivity contribution >= 4 is 31.6 Å². The highest BCUT2D eigenvalue weighted by Crippen LogP contribution is 2.32. The Morgan fingerprint density at radius 1 is 1.20 bits per heavy atom. The molecule has 0 bridgehead atoms. The van der Waals surface area contributed by atoms with E-state index in [4.69, 9.17) is 0 Å². The van der Waals surface area contributed by atoms with Crippen LogP contribution in [0.4, 0.5) is 5.69 Å². The summed E-state index contributed by atoms with van der Waals surface area (Å²) in [6.07, 6.45) is 1.93. The van der Waals surface area contributed by atoms with E-state index in [1.165, 1.54) is 6.07 Å². The summed E-state index contributed by atoms with van der Waals surface area (Å²) in [6, 6.07) is 10.1. The zero-order valence-electron chi connectivity index (χ0n) is 10.5. The molecule has 106 valence electrons. The third kappa shape index (κ3) is 3.94. The van der Waals surface area contributed by atoms with Crippen LogP contribution in [0.3, 0.4) is 0 Å². The summed E-state index contributed by atoms with van der Waals surface area (Å²) in [5, 5.41) is 9.76. The number of phenols is 1. The van der Waals surface area contributed by atoms with Crippen molar-refractivity contribution in [1.82, 2.24) is 4.98 Å². The van der Waals surface area contributed by atoms with Gasteiger partial charge in [0.05, 0.1) is 15.9 Å². The fourth-order valence-electron chi connectivity index (χ4n) is 1.60. The Morgan fingerprint density at radius 3 is 2.70 bits per heavy atom. The molecule has 2 rings (SSSR count). The number of sulfonamides is 1. The van der Waals surface area contributed by atoms with Crippen LogP contribution >= 0.6 is 15.9 Å². The van der Waals surface area contributed by atoms with Gasteiger partial charge in [-0.3, -0.25) is 9.71 Å². The van der Waals surface area contributed by atoms with Crippen LogP contribution in [-0.4, -0.2) is 24.3 Å². The molecule has 0 radical (unpaired) electrons. The molecule has 0 aliphatic rings. The zero-order valence-corrected chi connectivity index (χ0v) is 12.9. The van der Waals surface area contributed by atoms with Gasteiger partial charge in [-0.05, 0) is 40.2 Å². The number of pyridine rings is 1. The molecule has 0 amide bonds. The van der Waals surface area contributed by atoms with E-state index in [-0.39, 0.29) is 17.2 Å². The van der Waals surface area contributed by atoms with Gasteiger partial charge in [0.1, 0.15) is 0 Å². The quantitative estimate of drug-likeness (QED) is 0.806. The minimum Gasteiger partial charge on any atom is -0.505 e. The van der Waals surface area contributed by atoms with E-state index in [1.54, 1.807) is 30.5 Å². The first-order chi connectivity index (χ1) is 9.48. The van der Waals surface area contributed by atoms with E-state index in [2.05, 4.69) is 25.6 Å². The second-order valence-corrected chi connectivity index (χ2v) is 6.82. The molecule has 0 aliphatic carbocycles. The Kier molecular flexibility index (Phi) is 4.61. The van der Waals surface area contributed by atoms with Crippen molar-refractivity contribution in [2.24, 2.45) is 0 Å². The molecule has 0 unspecified atom stereocenters. The van der Waals surface area contributed by atoms with Crippen LogP contribution < -0.4 is 4.72 Å². The minimum atomic E-state index is -3.54. The fourth-order valence-corrected chi connectivity index (χ4v) is 3.05. The molecular weight excluding hydrogens is 344 g/mol. The molecule has 0 saturated carbocycles. The van der Waals surface area contributed by atoms with Crippen LogP contribution in [0.25, 0.3) is 0 Å². The highest BCUT2D eigenvalue weighted by molar-refractivity contribution is 9.10. The van der Waals surface area contributed by atoms with Gasteiger partial charge in [0, 0.05) is 18.3 Å². The monoisotopic (exact) mass is 356 g/mol. The first kappa shape index (κ1) is 14.8. The Hall–Kier alpha value is -1.60. The summed E-state index contributed by atoms with van der Waals surface area (Å²) < 4.78 is 26.7. The molecular formula is C13H13BrN2O3S. The molecule has 0 fully saturated rings. The standard InChI is InChI=1S/C13H13BrN2O3S/c14-11-5-3-6-12(13(11)17)16-20(18,19)9-7-10-4-1-2-8-15-10/h1-6,8,16-17H,7,9H2. The number of rotatable bonds is 5. The molecule has 1 aromatic carbocycles. The van der Waals surface area contributed by atoms with Gasteiger partial charge in [-0.25, -0.2) is 8.42 Å². The van der Waals surface area contributed by atoms with Crippen LogP contribution in [0.2, 0.25) is 0 Å². The maximum absolute atomic E-state index is 12.0. The Balaban J connectivity index is 2.06. The fraction of sp³-hybridized carbons (Fsp3) is 0.154. The van der Waals surface area contributed by atoms with E-state index in [0.717, 1.165) is 0 Å². The SMILES string of the molecule is O=S(=O)(CCc1ccccn1)Nc1cccc(Br)c1O. The van der Waals surface area contributed by atoms with Crippen LogP contribution in [0.15, 0.2) is 47.1 Å². The van der Waals surface area contributed by atoms with Crippen molar-refractivity contribution < 1.29 is 13.5 Å². The summed E-state index contributed by atoms with van der Waals surface area (Å²) >= 11 is 3.13. The van der Waals surface area contributed by atoms with Gasteiger partial charge in [0.25, 0.3) is 0 Å². The van der Waals surface area contributed by atoms with Gasteiger partial charge in [-0.15, -0.1) is 0 Å². The van der Waals surface area contributed by atoms with Crippen molar-refractivity contribution in [2.75, 3.05) is 10.5 Å². The normalized spacial score (nSPS) is 11.2. The van der Waals surface area contributed by atoms with E-state index in [1.807, 2.05) is 6.07 Å². The molecule has 0 atom stereocenters. The van der Waals surface area contributed by atoms with E-state index < -0.39 is 10.0 Å². The average Bonchev–Trinajstić information content (AvgIpc) is 2.43. The van der Waals surface area contributed by atoms with E-state index in [9.17, 15) is 13.5 Å². The summed E-state index contributed by atoms with van der Waals surface area (Å²) in [5.74, 6) is -0.232. The molecule has 20 heavy (non-hydrogen) atoms. The lowest BCUT2D eigenvalue weighted by molar-refractivity contribution is 0.474. The molecule has 1 aromatic heterocycles. The molecule has 0 aliphatic heterocycles. The van der Waals surface area contributed by atoms with Crippen molar-refractivity contribution in [3.63, 3.8) is 0 Å². The topological polar surface area (TPSA) is 79.3 Å². The first-order valence-corrected chi connectivity index (χ1v) is 8.30. The van der Waals surface area contributed by atoms with Gasteiger partial charge >= 0.3 is 0 Å². The Morgan fingerprint density at radius 2 is 2.00 bits per heavy atom. The highest BCUT2D eigenvalue weighted by Gasteiger charge is 2.14. The lowest BCUT2D eigenvalue weighted by Crippen LogP contribution is -2.18. The number of benzene rings is 1. The number of aryl methyl sites for hydroxylation is 1. The molecule has 0 spiro atoms. The van der Waals surface area contributed by atoms with Gasteiger partial charge < -0.3 is 5.11 Å². The molecule has 2 aromatic rings. The lowest BCUT2D eigenvalue weighted by atomic mass is 10.3. The Bertz CT molecular complexity index is 690. The van der Waals surface area contributed by atoms with E-state index in [0.29, 0.717) is 16.6 Å². The minimum absolute atomic E-state index is 0.101. The number of anilines is 1. The zero-order chi connectivity index (χ0) is 14.6. The number of para-hydroxylation sites is 1. The van der Waals surface area contributed by atoms with Crippen LogP contribution in [0, 0.1) is 0 Å². The molecule has 0 saturated heterocycles. The predicted molar refractivity (Wildman–Crippen MR) is 81.2 cm³/mol. The molecule has 1 heterocycles. The molecule has 5 nitrogen and oxygen atoms in total. The maximum Gasteiger partial charge on any atom is 0.233 e. The smallest absolute Gasteiger partial charge is 0.233 e. The lowest BCUT2D eigenvalue weighted by Gasteiger charge is -2.10. The van der Waals surface area contributed by atoms with Crippen LogP contribution in [-0.2, 0) is 16.4 Å². The predicted octanol–water partition coefficient (Wildman–Crippen LogP) is 2.53. The van der Waals surface area contributed by atoms with Crippen molar-refractivity contribution in [3.8, 4) is 5.75 Å². The van der Waals surface area contributed by atoms with Crippen LogP contribution in [0.5, 0.6) is 5.75 Å². The van der Waals surface area contributed by atoms with Gasteiger partial charge in [0.2, 0.25) is 10.0 Å². The highest BCUT2D eigenvalue weighted by atomic mass is 79.9. The number of hydrogen-bond acceptors (Lipinski definition) is 4. The maximum atomic E-state index is 12.0. The number of nitrogens with one attached hydrogen (secondary N) is 1. The largest absolute Gasteiger partial charge is 0.505 e. The average molecular weight is 357 g/mol. The first-order valence-electron chi connectivity index (χ1n) is 5.86. The summed E-state index contributed by atoms with van der Waals surface area (Å²) in [7, 11) is -3.54. The molecule has 7 heteroatoms. The molecule has 2 N–H and O–H groups in total. The van der Waals surface area contributed by atoms with Gasteiger partial charge in [0.15, 0.2) is 5.75 Å². The summed E-state index contributed by atoms with van der Waals surface area (Å²) in [5.41, 5.74) is 0.858. The number of aromatic nitrogens is 1. The van der Waals surface area contributed by atoms with Crippen molar-refractivity contribution in [1.29, 1.82) is 0 Å². The number of nitrogens with zero attached hydrogens (tertiary/aromatic N) is 1. The summed E-state index contributed by atoms with van der Waals surface area (Å²) in [6.45, 7) is 0.